The van der Waals surface area contributed by atoms with Gasteiger partial charge in [0.2, 0.25) is 5.91 Å². The van der Waals surface area contributed by atoms with Crippen molar-refractivity contribution in [3.63, 3.8) is 0 Å². The topological polar surface area (TPSA) is 101 Å². The van der Waals surface area contributed by atoms with Gasteiger partial charge >= 0.3 is 0 Å². The van der Waals surface area contributed by atoms with Gasteiger partial charge in [0.25, 0.3) is 5.91 Å². The first kappa shape index (κ1) is 15.1. The Morgan fingerprint density at radius 3 is 2.41 bits per heavy atom. The van der Waals surface area contributed by atoms with Crippen LogP contribution < -0.4 is 11.1 Å². The summed E-state index contributed by atoms with van der Waals surface area (Å²) < 4.78 is 0. The predicted molar refractivity (Wildman–Crippen MR) is 82.4 cm³/mol. The summed E-state index contributed by atoms with van der Waals surface area (Å²) in [6.45, 7) is 1.85. The largest absolute Gasteiger partial charge is 0.368 e. The summed E-state index contributed by atoms with van der Waals surface area (Å²) in [7, 11) is 0. The van der Waals surface area contributed by atoms with E-state index in [4.69, 9.17) is 5.73 Å². The first-order valence-electron chi connectivity index (χ1n) is 8.21. The molecule has 1 aromatic heterocycles. The van der Waals surface area contributed by atoms with Crippen LogP contribution in [0.5, 0.6) is 0 Å². The molecule has 0 bridgehead atoms. The molecule has 1 aromatic rings. The molecule has 2 saturated carbocycles. The van der Waals surface area contributed by atoms with Crippen LogP contribution in [0.4, 0.5) is 0 Å². The van der Waals surface area contributed by atoms with Crippen molar-refractivity contribution in [1.29, 1.82) is 0 Å². The second-order valence-corrected chi connectivity index (χ2v) is 6.70. The molecule has 6 nitrogen and oxygen atoms in total. The van der Waals surface area contributed by atoms with Crippen LogP contribution in [0.25, 0.3) is 0 Å². The molecule has 2 aliphatic rings. The summed E-state index contributed by atoms with van der Waals surface area (Å²) in [5, 5.41) is 10.1. The van der Waals surface area contributed by atoms with Crippen molar-refractivity contribution in [2.24, 2.45) is 5.73 Å². The summed E-state index contributed by atoms with van der Waals surface area (Å²) in [6, 6.07) is 0. The van der Waals surface area contributed by atoms with E-state index >= 15 is 0 Å². The van der Waals surface area contributed by atoms with Crippen molar-refractivity contribution in [3.8, 4) is 0 Å². The maximum absolute atomic E-state index is 12.8. The average molecular weight is 304 g/mol. The predicted octanol–water partition coefficient (Wildman–Crippen LogP) is 1.90. The smallest absolute Gasteiger partial charge is 0.255 e. The monoisotopic (exact) mass is 304 g/mol. The van der Waals surface area contributed by atoms with Crippen LogP contribution in [-0.4, -0.2) is 27.6 Å². The van der Waals surface area contributed by atoms with Gasteiger partial charge in [-0.3, -0.25) is 14.7 Å². The highest BCUT2D eigenvalue weighted by Crippen LogP contribution is 2.41. The third-order valence-corrected chi connectivity index (χ3v) is 4.95. The van der Waals surface area contributed by atoms with Crippen LogP contribution in [0, 0.1) is 6.92 Å². The molecule has 0 unspecified atom stereocenters. The minimum absolute atomic E-state index is 0.214. The van der Waals surface area contributed by atoms with E-state index in [2.05, 4.69) is 15.5 Å². The maximum atomic E-state index is 12.8. The molecule has 3 rings (SSSR count). The third-order valence-electron chi connectivity index (χ3n) is 4.95. The summed E-state index contributed by atoms with van der Waals surface area (Å²) >= 11 is 0. The Balaban J connectivity index is 1.85. The highest BCUT2D eigenvalue weighted by atomic mass is 16.2. The Morgan fingerprint density at radius 2 is 1.86 bits per heavy atom. The van der Waals surface area contributed by atoms with E-state index in [0.29, 0.717) is 24.3 Å². The summed E-state index contributed by atoms with van der Waals surface area (Å²) in [5.41, 5.74) is 6.94. The number of nitrogens with zero attached hydrogens (tertiary/aromatic N) is 1. The molecule has 0 spiro atoms. The van der Waals surface area contributed by atoms with Crippen molar-refractivity contribution < 1.29 is 9.59 Å². The minimum atomic E-state index is -0.905. The molecule has 1 heterocycles. The third kappa shape index (κ3) is 2.74. The number of H-pyrrole nitrogens is 1. The van der Waals surface area contributed by atoms with Crippen molar-refractivity contribution >= 4 is 11.8 Å². The SMILES string of the molecule is Cc1[nH]nc(C2CC2)c1C(=O)NC1(C(N)=O)CCCCCC1. The highest BCUT2D eigenvalue weighted by Gasteiger charge is 2.40. The minimum Gasteiger partial charge on any atom is -0.368 e. The Kier molecular flexibility index (Phi) is 3.93. The lowest BCUT2D eigenvalue weighted by Crippen LogP contribution is -2.57. The number of carbonyl (C=O) groups is 2. The van der Waals surface area contributed by atoms with Crippen LogP contribution >= 0.6 is 0 Å². The molecular formula is C16H24N4O2. The zero-order chi connectivity index (χ0) is 15.7. The second kappa shape index (κ2) is 5.74. The van der Waals surface area contributed by atoms with Crippen molar-refractivity contribution in [3.05, 3.63) is 17.0 Å². The summed E-state index contributed by atoms with van der Waals surface area (Å²) in [5.74, 6) is -0.255. The quantitative estimate of drug-likeness (QED) is 0.740. The number of amides is 2. The number of primary amides is 1. The van der Waals surface area contributed by atoms with E-state index in [1.165, 1.54) is 0 Å². The average Bonchev–Trinajstić information content (AvgIpc) is 3.26. The van der Waals surface area contributed by atoms with Crippen molar-refractivity contribution in [1.82, 2.24) is 15.5 Å². The molecule has 2 amide bonds. The second-order valence-electron chi connectivity index (χ2n) is 6.70. The van der Waals surface area contributed by atoms with E-state index in [9.17, 15) is 9.59 Å². The maximum Gasteiger partial charge on any atom is 0.255 e. The molecule has 120 valence electrons. The van der Waals surface area contributed by atoms with Gasteiger partial charge in [-0.05, 0) is 32.6 Å². The van der Waals surface area contributed by atoms with Gasteiger partial charge in [-0.1, -0.05) is 25.7 Å². The molecule has 0 radical (unpaired) electrons. The number of aryl methyl sites for hydroxylation is 1. The van der Waals surface area contributed by atoms with E-state index < -0.39 is 11.4 Å². The number of hydrogen-bond donors (Lipinski definition) is 3. The fourth-order valence-electron chi connectivity index (χ4n) is 3.43. The molecule has 2 fully saturated rings. The highest BCUT2D eigenvalue weighted by molar-refractivity contribution is 6.00. The van der Waals surface area contributed by atoms with Gasteiger partial charge in [-0.25, -0.2) is 0 Å². The molecule has 22 heavy (non-hydrogen) atoms. The Bertz CT molecular complexity index is 581. The fraction of sp³-hybridized carbons (Fsp3) is 0.688. The van der Waals surface area contributed by atoms with Crippen LogP contribution in [-0.2, 0) is 4.79 Å². The molecule has 4 N–H and O–H groups in total. The first-order valence-corrected chi connectivity index (χ1v) is 8.21. The van der Waals surface area contributed by atoms with Crippen LogP contribution in [0.1, 0.15) is 79.0 Å². The van der Waals surface area contributed by atoms with Gasteiger partial charge in [0.05, 0.1) is 11.3 Å². The zero-order valence-electron chi connectivity index (χ0n) is 13.1. The number of aromatic nitrogens is 2. The Morgan fingerprint density at radius 1 is 1.23 bits per heavy atom. The Labute approximate surface area is 130 Å². The van der Waals surface area contributed by atoms with E-state index in [1.807, 2.05) is 6.92 Å². The molecule has 0 saturated heterocycles. The Hall–Kier alpha value is -1.85. The van der Waals surface area contributed by atoms with Gasteiger partial charge in [-0.2, -0.15) is 5.10 Å². The molecule has 0 atom stereocenters. The van der Waals surface area contributed by atoms with Gasteiger partial charge in [0.15, 0.2) is 0 Å². The number of hydrogen-bond acceptors (Lipinski definition) is 3. The summed E-state index contributed by atoms with van der Waals surface area (Å²) in [4.78, 5) is 24.8. The standard InChI is InChI=1S/C16H24N4O2/c1-10-12(13(20-19-10)11-6-7-11)14(21)18-16(15(17)22)8-4-2-3-5-9-16/h11H,2-9H2,1H3,(H2,17,22)(H,18,21)(H,19,20). The lowest BCUT2D eigenvalue weighted by atomic mass is 9.88. The van der Waals surface area contributed by atoms with E-state index in [0.717, 1.165) is 49.9 Å². The van der Waals surface area contributed by atoms with Gasteiger partial charge in [0.1, 0.15) is 5.54 Å². The van der Waals surface area contributed by atoms with E-state index in [-0.39, 0.29) is 5.91 Å². The van der Waals surface area contributed by atoms with Gasteiger partial charge in [-0.15, -0.1) is 0 Å². The van der Waals surface area contributed by atoms with Crippen LogP contribution in [0.15, 0.2) is 0 Å². The number of nitrogens with two attached hydrogens (primary N) is 1. The number of nitrogens with one attached hydrogen (secondary N) is 2. The normalized spacial score (nSPS) is 21.1. The molecule has 0 aliphatic heterocycles. The molecule has 6 heteroatoms. The van der Waals surface area contributed by atoms with Crippen molar-refractivity contribution in [2.75, 3.05) is 0 Å². The van der Waals surface area contributed by atoms with Crippen molar-refractivity contribution in [2.45, 2.75) is 69.7 Å². The number of carbonyl (C=O) groups excluding carboxylic acids is 2. The number of rotatable bonds is 4. The molecular weight excluding hydrogens is 280 g/mol. The molecule has 0 aromatic carbocycles. The molecule has 2 aliphatic carbocycles. The first-order chi connectivity index (χ1) is 10.5. The fourth-order valence-corrected chi connectivity index (χ4v) is 3.43. The lowest BCUT2D eigenvalue weighted by molar-refractivity contribution is -0.124. The van der Waals surface area contributed by atoms with E-state index in [1.54, 1.807) is 0 Å². The van der Waals surface area contributed by atoms with Gasteiger partial charge < -0.3 is 11.1 Å². The van der Waals surface area contributed by atoms with Crippen LogP contribution in [0.2, 0.25) is 0 Å². The lowest BCUT2D eigenvalue weighted by Gasteiger charge is -2.30. The van der Waals surface area contributed by atoms with Crippen LogP contribution in [0.3, 0.4) is 0 Å². The number of aromatic amines is 1. The summed E-state index contributed by atoms with van der Waals surface area (Å²) in [6.07, 6.45) is 7.42. The zero-order valence-corrected chi connectivity index (χ0v) is 13.1. The van der Waals surface area contributed by atoms with Gasteiger partial charge in [0, 0.05) is 11.6 Å².